The smallest absolute Gasteiger partial charge is 0.331 e. The van der Waals surface area contributed by atoms with Gasteiger partial charge in [0.25, 0.3) is 0 Å². The summed E-state index contributed by atoms with van der Waals surface area (Å²) >= 11 is 1.47. The lowest BCUT2D eigenvalue weighted by atomic mass is 10.0. The Hall–Kier alpha value is -2.42. The second kappa shape index (κ2) is 5.90. The number of hydrogen-bond acceptors (Lipinski definition) is 8. The highest BCUT2D eigenvalue weighted by Crippen LogP contribution is 2.44. The first-order valence-electron chi connectivity index (χ1n) is 7.58. The van der Waals surface area contributed by atoms with Crippen molar-refractivity contribution in [1.82, 2.24) is 14.9 Å². The van der Waals surface area contributed by atoms with Gasteiger partial charge in [-0.15, -0.1) is 10.2 Å². The SMILES string of the molecule is CCOC(=O)[C@H]1Nn2c(C)nnc2S[C@@H]1c1ccc2c(c1)OCO2. The first-order chi connectivity index (χ1) is 11.7. The Labute approximate surface area is 142 Å². The number of aromatic nitrogens is 3. The summed E-state index contributed by atoms with van der Waals surface area (Å²) in [5.74, 6) is 1.76. The van der Waals surface area contributed by atoms with Gasteiger partial charge in [0.1, 0.15) is 5.82 Å². The molecule has 0 aliphatic carbocycles. The molecule has 1 aromatic carbocycles. The molecule has 9 heteroatoms. The highest BCUT2D eigenvalue weighted by molar-refractivity contribution is 7.99. The quantitative estimate of drug-likeness (QED) is 0.838. The van der Waals surface area contributed by atoms with Crippen molar-refractivity contribution in [3.63, 3.8) is 0 Å². The van der Waals surface area contributed by atoms with Crippen molar-refractivity contribution in [3.05, 3.63) is 29.6 Å². The highest BCUT2D eigenvalue weighted by atomic mass is 32.2. The van der Waals surface area contributed by atoms with Crippen molar-refractivity contribution in [3.8, 4) is 11.5 Å². The van der Waals surface area contributed by atoms with Crippen molar-refractivity contribution >= 4 is 17.7 Å². The maximum Gasteiger partial charge on any atom is 0.331 e. The zero-order chi connectivity index (χ0) is 16.7. The molecule has 0 radical (unpaired) electrons. The molecular formula is C15H16N4O4S. The fourth-order valence-corrected chi connectivity index (χ4v) is 3.91. The second-order valence-corrected chi connectivity index (χ2v) is 6.48. The molecule has 2 aromatic rings. The number of aryl methyl sites for hydroxylation is 1. The van der Waals surface area contributed by atoms with Crippen molar-refractivity contribution in [2.75, 3.05) is 18.8 Å². The number of carbonyl (C=O) groups is 1. The van der Waals surface area contributed by atoms with Crippen molar-refractivity contribution < 1.29 is 19.0 Å². The van der Waals surface area contributed by atoms with E-state index >= 15 is 0 Å². The van der Waals surface area contributed by atoms with Crippen molar-refractivity contribution in [2.24, 2.45) is 0 Å². The average Bonchev–Trinajstić information content (AvgIpc) is 3.20. The molecule has 0 unspecified atom stereocenters. The van der Waals surface area contributed by atoms with Gasteiger partial charge < -0.3 is 19.6 Å². The monoisotopic (exact) mass is 348 g/mol. The summed E-state index contributed by atoms with van der Waals surface area (Å²) in [6.07, 6.45) is 0. The van der Waals surface area contributed by atoms with E-state index in [0.717, 1.165) is 5.56 Å². The third-order valence-corrected chi connectivity index (χ3v) is 5.14. The lowest BCUT2D eigenvalue weighted by molar-refractivity contribution is -0.144. The molecule has 3 heterocycles. The molecule has 1 aromatic heterocycles. The molecule has 2 atom stereocenters. The topological polar surface area (TPSA) is 87.5 Å². The van der Waals surface area contributed by atoms with Crippen LogP contribution in [-0.4, -0.2) is 40.3 Å². The number of benzene rings is 1. The Morgan fingerprint density at radius 2 is 2.25 bits per heavy atom. The molecule has 2 aliphatic heterocycles. The van der Waals surface area contributed by atoms with E-state index in [1.807, 2.05) is 25.1 Å². The molecule has 0 saturated heterocycles. The van der Waals surface area contributed by atoms with E-state index in [2.05, 4.69) is 15.6 Å². The summed E-state index contributed by atoms with van der Waals surface area (Å²) in [7, 11) is 0. The molecule has 2 aliphatic rings. The Balaban J connectivity index is 1.71. The molecule has 0 amide bonds. The fourth-order valence-electron chi connectivity index (χ4n) is 2.72. The van der Waals surface area contributed by atoms with Crippen LogP contribution < -0.4 is 14.9 Å². The van der Waals surface area contributed by atoms with E-state index in [1.54, 1.807) is 11.6 Å². The van der Waals surface area contributed by atoms with Crippen LogP contribution in [0.15, 0.2) is 23.4 Å². The third kappa shape index (κ3) is 2.44. The van der Waals surface area contributed by atoms with E-state index in [9.17, 15) is 4.79 Å². The summed E-state index contributed by atoms with van der Waals surface area (Å²) in [5.41, 5.74) is 4.10. The minimum Gasteiger partial charge on any atom is -0.464 e. The van der Waals surface area contributed by atoms with Crippen LogP contribution in [0.2, 0.25) is 0 Å². The Bertz CT molecular complexity index is 794. The van der Waals surface area contributed by atoms with Crippen LogP contribution in [0, 0.1) is 6.92 Å². The summed E-state index contributed by atoms with van der Waals surface area (Å²) in [5, 5.41) is 8.70. The van der Waals surface area contributed by atoms with Crippen LogP contribution in [0.25, 0.3) is 0 Å². The molecule has 24 heavy (non-hydrogen) atoms. The van der Waals surface area contributed by atoms with Gasteiger partial charge in [-0.05, 0) is 31.5 Å². The maximum atomic E-state index is 12.5. The summed E-state index contributed by atoms with van der Waals surface area (Å²) in [6, 6.07) is 5.12. The summed E-state index contributed by atoms with van der Waals surface area (Å²) < 4.78 is 17.7. The molecule has 0 spiro atoms. The molecule has 0 fully saturated rings. The number of fused-ring (bicyclic) bond motifs is 2. The number of nitrogens with one attached hydrogen (secondary N) is 1. The van der Waals surface area contributed by atoms with Gasteiger partial charge in [-0.1, -0.05) is 17.8 Å². The summed E-state index contributed by atoms with van der Waals surface area (Å²) in [4.78, 5) is 12.5. The lowest BCUT2D eigenvalue weighted by Crippen LogP contribution is -2.43. The molecular weight excluding hydrogens is 332 g/mol. The number of thioether (sulfide) groups is 1. The van der Waals surface area contributed by atoms with E-state index in [1.165, 1.54) is 11.8 Å². The van der Waals surface area contributed by atoms with Gasteiger partial charge in [0.2, 0.25) is 11.9 Å². The van der Waals surface area contributed by atoms with E-state index in [0.29, 0.717) is 29.1 Å². The number of hydrogen-bond donors (Lipinski definition) is 1. The fraction of sp³-hybridized carbons (Fsp3) is 0.400. The van der Waals surface area contributed by atoms with Crippen LogP contribution in [0.1, 0.15) is 23.6 Å². The Morgan fingerprint density at radius 1 is 1.42 bits per heavy atom. The van der Waals surface area contributed by atoms with E-state index in [-0.39, 0.29) is 18.0 Å². The zero-order valence-corrected chi connectivity index (χ0v) is 14.0. The van der Waals surface area contributed by atoms with Gasteiger partial charge >= 0.3 is 5.97 Å². The van der Waals surface area contributed by atoms with E-state index < -0.39 is 6.04 Å². The first kappa shape index (κ1) is 15.1. The lowest BCUT2D eigenvalue weighted by Gasteiger charge is -2.31. The molecule has 4 rings (SSSR count). The van der Waals surface area contributed by atoms with Gasteiger partial charge in [0, 0.05) is 0 Å². The molecule has 1 N–H and O–H groups in total. The van der Waals surface area contributed by atoms with Gasteiger partial charge in [-0.3, -0.25) is 0 Å². The number of carbonyl (C=O) groups excluding carboxylic acids is 1. The number of rotatable bonds is 3. The normalized spacial score (nSPS) is 21.1. The van der Waals surface area contributed by atoms with Gasteiger partial charge in [-0.25, -0.2) is 9.47 Å². The van der Waals surface area contributed by atoms with Crippen LogP contribution in [0.5, 0.6) is 11.5 Å². The number of ether oxygens (including phenoxy) is 3. The highest BCUT2D eigenvalue weighted by Gasteiger charge is 2.38. The first-order valence-corrected chi connectivity index (χ1v) is 8.46. The Morgan fingerprint density at radius 3 is 3.08 bits per heavy atom. The van der Waals surface area contributed by atoms with Crippen LogP contribution in [-0.2, 0) is 9.53 Å². The minimum atomic E-state index is -0.558. The Kier molecular flexibility index (Phi) is 3.72. The standard InChI is InChI=1S/C15H16N4O4S/c1-3-21-14(20)12-13(24-15-17-16-8(2)19(15)18-12)9-4-5-10-11(6-9)23-7-22-10/h4-6,12-13,18H,3,7H2,1-2H3/t12-,13+/m0/s1. The van der Waals surface area contributed by atoms with Crippen molar-refractivity contribution in [1.29, 1.82) is 0 Å². The molecule has 0 saturated carbocycles. The predicted molar refractivity (Wildman–Crippen MR) is 85.7 cm³/mol. The zero-order valence-electron chi connectivity index (χ0n) is 13.2. The largest absolute Gasteiger partial charge is 0.464 e. The van der Waals surface area contributed by atoms with E-state index in [4.69, 9.17) is 14.2 Å². The maximum absolute atomic E-state index is 12.5. The third-order valence-electron chi connectivity index (χ3n) is 3.86. The molecule has 0 bridgehead atoms. The second-order valence-electron chi connectivity index (χ2n) is 5.38. The van der Waals surface area contributed by atoms with Gasteiger partial charge in [0.15, 0.2) is 17.5 Å². The van der Waals surface area contributed by atoms with Crippen LogP contribution in [0.4, 0.5) is 0 Å². The predicted octanol–water partition coefficient (Wildman–Crippen LogP) is 1.64. The van der Waals surface area contributed by atoms with Crippen LogP contribution >= 0.6 is 11.8 Å². The minimum absolute atomic E-state index is 0.212. The molecule has 8 nitrogen and oxygen atoms in total. The van der Waals surface area contributed by atoms with Crippen LogP contribution in [0.3, 0.4) is 0 Å². The van der Waals surface area contributed by atoms with Gasteiger partial charge in [0.05, 0.1) is 11.9 Å². The molecule has 126 valence electrons. The van der Waals surface area contributed by atoms with Crippen molar-refractivity contribution in [2.45, 2.75) is 30.3 Å². The summed E-state index contributed by atoms with van der Waals surface area (Å²) in [6.45, 7) is 4.15. The average molecular weight is 348 g/mol. The van der Waals surface area contributed by atoms with Gasteiger partial charge in [-0.2, -0.15) is 0 Å². The number of nitrogens with zero attached hydrogens (tertiary/aromatic N) is 3. The number of esters is 1.